The van der Waals surface area contributed by atoms with Crippen LogP contribution in [0.15, 0.2) is 11.6 Å². The SMILES string of the molecule is C[C@]12CCC(CO)=C[C@]13O[C@@H]1C[C@@H](O)[C@@]2(C)[C@]1(CO)O3. The summed E-state index contributed by atoms with van der Waals surface area (Å²) in [7, 11) is 0. The van der Waals surface area contributed by atoms with Gasteiger partial charge in [0, 0.05) is 17.3 Å². The Morgan fingerprint density at radius 2 is 2.10 bits per heavy atom. The van der Waals surface area contributed by atoms with Gasteiger partial charge in [-0.3, -0.25) is 0 Å². The molecule has 2 aliphatic heterocycles. The molecule has 20 heavy (non-hydrogen) atoms. The summed E-state index contributed by atoms with van der Waals surface area (Å²) < 4.78 is 12.5. The molecule has 0 aromatic heterocycles. The Labute approximate surface area is 118 Å². The normalized spacial score (nSPS) is 59.8. The van der Waals surface area contributed by atoms with Crippen LogP contribution < -0.4 is 0 Å². The van der Waals surface area contributed by atoms with Gasteiger partial charge >= 0.3 is 0 Å². The predicted octanol–water partition coefficient (Wildman–Crippen LogP) is 0.332. The Morgan fingerprint density at radius 1 is 1.35 bits per heavy atom. The van der Waals surface area contributed by atoms with Gasteiger partial charge in [-0.1, -0.05) is 13.8 Å². The molecule has 2 bridgehead atoms. The molecule has 2 saturated heterocycles. The van der Waals surface area contributed by atoms with E-state index in [1.807, 2.05) is 13.0 Å². The van der Waals surface area contributed by atoms with Crippen molar-refractivity contribution < 1.29 is 24.8 Å². The first-order chi connectivity index (χ1) is 9.39. The Balaban J connectivity index is 1.95. The molecular formula is C15H22O5. The van der Waals surface area contributed by atoms with Gasteiger partial charge in [-0.15, -0.1) is 0 Å². The molecular weight excluding hydrogens is 260 g/mol. The van der Waals surface area contributed by atoms with Crippen LogP contribution in [0.3, 0.4) is 0 Å². The van der Waals surface area contributed by atoms with Crippen LogP contribution in [0.4, 0.5) is 0 Å². The molecule has 1 saturated carbocycles. The predicted molar refractivity (Wildman–Crippen MR) is 69.7 cm³/mol. The molecule has 3 N–H and O–H groups in total. The van der Waals surface area contributed by atoms with Crippen LogP contribution in [0.5, 0.6) is 0 Å². The fourth-order valence-electron chi connectivity index (χ4n) is 5.34. The van der Waals surface area contributed by atoms with Crippen molar-refractivity contribution in [2.75, 3.05) is 13.2 Å². The zero-order valence-corrected chi connectivity index (χ0v) is 11.9. The zero-order valence-electron chi connectivity index (χ0n) is 11.9. The van der Waals surface area contributed by atoms with Gasteiger partial charge in [0.1, 0.15) is 5.60 Å². The Kier molecular flexibility index (Phi) is 2.29. The summed E-state index contributed by atoms with van der Waals surface area (Å²) in [5.41, 5.74) is -0.846. The topological polar surface area (TPSA) is 79.2 Å². The average molecular weight is 282 g/mol. The van der Waals surface area contributed by atoms with Crippen LogP contribution in [-0.4, -0.2) is 52.1 Å². The molecule has 2 aliphatic carbocycles. The highest BCUT2D eigenvalue weighted by atomic mass is 16.8. The number of fused-ring (bicyclic) bond motifs is 1. The molecule has 5 heteroatoms. The number of rotatable bonds is 2. The molecule has 2 heterocycles. The minimum Gasteiger partial charge on any atom is -0.393 e. The van der Waals surface area contributed by atoms with Crippen molar-refractivity contribution in [3.63, 3.8) is 0 Å². The maximum atomic E-state index is 10.6. The minimum absolute atomic E-state index is 0.000605. The van der Waals surface area contributed by atoms with E-state index in [1.54, 1.807) is 0 Å². The summed E-state index contributed by atoms with van der Waals surface area (Å²) in [6, 6.07) is 0. The summed E-state index contributed by atoms with van der Waals surface area (Å²) in [6.07, 6.45) is 3.12. The maximum Gasteiger partial charge on any atom is 0.195 e. The second-order valence-corrected chi connectivity index (χ2v) is 7.17. The first kappa shape index (κ1) is 13.2. The average Bonchev–Trinajstić information content (AvgIpc) is 2.90. The smallest absolute Gasteiger partial charge is 0.195 e. The number of ether oxygens (including phenoxy) is 2. The number of hydrogen-bond donors (Lipinski definition) is 3. The van der Waals surface area contributed by atoms with Gasteiger partial charge in [0.25, 0.3) is 0 Å². The van der Waals surface area contributed by atoms with Crippen LogP contribution in [0.25, 0.3) is 0 Å². The third-order valence-corrected chi connectivity index (χ3v) is 6.85. The maximum absolute atomic E-state index is 10.6. The van der Waals surface area contributed by atoms with E-state index >= 15 is 0 Å². The largest absolute Gasteiger partial charge is 0.393 e. The quantitative estimate of drug-likeness (QED) is 0.636. The highest BCUT2D eigenvalue weighted by Gasteiger charge is 2.87. The summed E-state index contributed by atoms with van der Waals surface area (Å²) >= 11 is 0. The first-order valence-electron chi connectivity index (χ1n) is 7.37. The lowest BCUT2D eigenvalue weighted by Gasteiger charge is -2.53. The van der Waals surface area contributed by atoms with Gasteiger partial charge in [-0.2, -0.15) is 0 Å². The zero-order chi connectivity index (χ0) is 14.4. The molecule has 1 spiro atoms. The molecule has 4 aliphatic rings. The van der Waals surface area contributed by atoms with Crippen molar-refractivity contribution in [2.45, 2.75) is 56.7 Å². The summed E-state index contributed by atoms with van der Waals surface area (Å²) in [4.78, 5) is 0. The van der Waals surface area contributed by atoms with E-state index < -0.39 is 28.3 Å². The van der Waals surface area contributed by atoms with E-state index in [-0.39, 0.29) is 19.3 Å². The molecule has 4 rings (SSSR count). The van der Waals surface area contributed by atoms with Gasteiger partial charge in [0.05, 0.1) is 25.4 Å². The van der Waals surface area contributed by atoms with Crippen LogP contribution >= 0.6 is 0 Å². The molecule has 5 nitrogen and oxygen atoms in total. The highest BCUT2D eigenvalue weighted by Crippen LogP contribution is 2.77. The summed E-state index contributed by atoms with van der Waals surface area (Å²) in [6.45, 7) is 3.96. The van der Waals surface area contributed by atoms with Crippen molar-refractivity contribution in [3.8, 4) is 0 Å². The van der Waals surface area contributed by atoms with E-state index in [0.29, 0.717) is 6.42 Å². The van der Waals surface area contributed by atoms with E-state index in [4.69, 9.17) is 9.47 Å². The lowest BCUT2D eigenvalue weighted by Crippen LogP contribution is -2.62. The van der Waals surface area contributed by atoms with Gasteiger partial charge in [0.15, 0.2) is 5.79 Å². The fraction of sp³-hybridized carbons (Fsp3) is 0.867. The van der Waals surface area contributed by atoms with Gasteiger partial charge < -0.3 is 24.8 Å². The molecule has 0 unspecified atom stereocenters. The standard InChI is InChI=1S/C15H22O5/c1-12-4-3-9(7-16)6-15(12)19-11-5-10(18)13(12,2)14(11,8-17)20-15/h6,10-11,16-18H,3-5,7-8H2,1-2H3/t10-,11-,12-,13-,14-,15-/m1/s1. The first-order valence-corrected chi connectivity index (χ1v) is 7.37. The van der Waals surface area contributed by atoms with E-state index in [0.717, 1.165) is 18.4 Å². The molecule has 0 amide bonds. The van der Waals surface area contributed by atoms with Gasteiger partial charge in [-0.25, -0.2) is 0 Å². The van der Waals surface area contributed by atoms with E-state index in [9.17, 15) is 15.3 Å². The van der Waals surface area contributed by atoms with E-state index in [1.165, 1.54) is 0 Å². The lowest BCUT2D eigenvalue weighted by atomic mass is 9.52. The van der Waals surface area contributed by atoms with Gasteiger partial charge in [-0.05, 0) is 24.5 Å². The number of aliphatic hydroxyl groups is 3. The third kappa shape index (κ3) is 0.992. The van der Waals surface area contributed by atoms with Crippen LogP contribution in [0, 0.1) is 10.8 Å². The van der Waals surface area contributed by atoms with Crippen molar-refractivity contribution in [3.05, 3.63) is 11.6 Å². The van der Waals surface area contributed by atoms with Crippen molar-refractivity contribution in [2.24, 2.45) is 10.8 Å². The lowest BCUT2D eigenvalue weighted by molar-refractivity contribution is -0.204. The highest BCUT2D eigenvalue weighted by molar-refractivity contribution is 5.37. The molecule has 0 aromatic rings. The minimum atomic E-state index is -0.914. The van der Waals surface area contributed by atoms with E-state index in [2.05, 4.69) is 6.92 Å². The molecule has 0 radical (unpaired) electrons. The Morgan fingerprint density at radius 3 is 2.75 bits per heavy atom. The number of aliphatic hydroxyl groups excluding tert-OH is 3. The van der Waals surface area contributed by atoms with Crippen LogP contribution in [0.2, 0.25) is 0 Å². The van der Waals surface area contributed by atoms with Gasteiger partial charge in [0.2, 0.25) is 0 Å². The van der Waals surface area contributed by atoms with Crippen molar-refractivity contribution in [1.82, 2.24) is 0 Å². The Bertz CT molecular complexity index is 504. The van der Waals surface area contributed by atoms with Crippen LogP contribution in [0.1, 0.15) is 33.1 Å². The second kappa shape index (κ2) is 3.47. The molecule has 3 fully saturated rings. The monoisotopic (exact) mass is 282 g/mol. The van der Waals surface area contributed by atoms with Crippen molar-refractivity contribution >= 4 is 0 Å². The second-order valence-electron chi connectivity index (χ2n) is 7.17. The van der Waals surface area contributed by atoms with Crippen LogP contribution in [-0.2, 0) is 9.47 Å². The Hall–Kier alpha value is -0.460. The third-order valence-electron chi connectivity index (χ3n) is 6.85. The summed E-state index contributed by atoms with van der Waals surface area (Å²) in [5, 5.41) is 30.1. The molecule has 6 atom stereocenters. The molecule has 0 aromatic carbocycles. The fourth-order valence-corrected chi connectivity index (χ4v) is 5.34. The molecule has 112 valence electrons. The summed E-state index contributed by atoms with van der Waals surface area (Å²) in [5.74, 6) is -0.914. The number of hydrogen-bond acceptors (Lipinski definition) is 5. The van der Waals surface area contributed by atoms with Crippen molar-refractivity contribution in [1.29, 1.82) is 0 Å².